The van der Waals surface area contributed by atoms with Gasteiger partial charge in [-0.05, 0) is 41.7 Å². The summed E-state index contributed by atoms with van der Waals surface area (Å²) in [4.78, 5) is 53.1. The van der Waals surface area contributed by atoms with Gasteiger partial charge in [0.25, 0.3) is 0 Å². The van der Waals surface area contributed by atoms with Crippen molar-refractivity contribution in [3.05, 3.63) is 106 Å². The van der Waals surface area contributed by atoms with Gasteiger partial charge in [0.05, 0.1) is 13.0 Å². The second-order valence-electron chi connectivity index (χ2n) is 10.1. The van der Waals surface area contributed by atoms with Crippen molar-refractivity contribution in [3.63, 3.8) is 0 Å². The van der Waals surface area contributed by atoms with Gasteiger partial charge in [-0.25, -0.2) is 0 Å². The van der Waals surface area contributed by atoms with Crippen LogP contribution in [0.2, 0.25) is 0 Å². The SMILES string of the molecule is COc1ccc(C(=O)C(CC2=C(O)c3ccccc3C(=O)C2=O)C(=O)c2ccc(C(C)(C)C)cc2)cc1. The van der Waals surface area contributed by atoms with E-state index in [0.717, 1.165) is 5.56 Å². The molecule has 4 rings (SSSR count). The predicted octanol–water partition coefficient (Wildman–Crippen LogP) is 5.80. The zero-order valence-electron chi connectivity index (χ0n) is 21.2. The molecule has 0 bridgehead atoms. The summed E-state index contributed by atoms with van der Waals surface area (Å²) < 4.78 is 5.16. The topological polar surface area (TPSA) is 97.7 Å². The molecule has 3 aromatic rings. The standard InChI is InChI=1S/C31H28O6/c1-31(2,3)20-13-9-18(10-14-20)26(32)24(27(33)19-11-15-21(37-4)16-12-19)17-25-28(34)22-7-5-6-8-23(22)29(35)30(25)36/h5-16,24,34H,17H2,1-4H3. The first-order chi connectivity index (χ1) is 17.5. The van der Waals surface area contributed by atoms with Crippen molar-refractivity contribution in [3.8, 4) is 5.75 Å². The van der Waals surface area contributed by atoms with Gasteiger partial charge in [-0.1, -0.05) is 69.3 Å². The molecular formula is C31H28O6. The van der Waals surface area contributed by atoms with E-state index in [0.29, 0.717) is 11.3 Å². The molecule has 0 saturated carbocycles. The Morgan fingerprint density at radius 1 is 0.784 bits per heavy atom. The summed E-state index contributed by atoms with van der Waals surface area (Å²) in [5.74, 6) is -3.88. The van der Waals surface area contributed by atoms with Crippen LogP contribution in [0, 0.1) is 5.92 Å². The number of aliphatic hydroxyl groups excluding tert-OH is 1. The number of Topliss-reactive ketones (excluding diaryl/α,β-unsaturated/α-hetero) is 4. The monoisotopic (exact) mass is 496 g/mol. The second kappa shape index (κ2) is 9.97. The number of allylic oxidation sites excluding steroid dienone is 1. The lowest BCUT2D eigenvalue weighted by molar-refractivity contribution is -0.112. The first kappa shape index (κ1) is 25.8. The third kappa shape index (κ3) is 5.00. The molecule has 37 heavy (non-hydrogen) atoms. The molecule has 0 aliphatic heterocycles. The highest BCUT2D eigenvalue weighted by atomic mass is 16.5. The number of hydrogen-bond donors (Lipinski definition) is 1. The van der Waals surface area contributed by atoms with Crippen LogP contribution in [-0.2, 0) is 10.2 Å². The Morgan fingerprint density at radius 2 is 1.30 bits per heavy atom. The zero-order chi connectivity index (χ0) is 26.9. The van der Waals surface area contributed by atoms with Gasteiger partial charge >= 0.3 is 0 Å². The lowest BCUT2D eigenvalue weighted by Crippen LogP contribution is -2.30. The van der Waals surface area contributed by atoms with E-state index in [-0.39, 0.29) is 33.4 Å². The van der Waals surface area contributed by atoms with Crippen molar-refractivity contribution in [2.24, 2.45) is 5.92 Å². The first-order valence-corrected chi connectivity index (χ1v) is 12.0. The maximum absolute atomic E-state index is 13.7. The molecule has 0 saturated heterocycles. The van der Waals surface area contributed by atoms with Crippen molar-refractivity contribution >= 4 is 28.9 Å². The van der Waals surface area contributed by atoms with Crippen molar-refractivity contribution < 1.29 is 29.0 Å². The molecule has 3 aromatic carbocycles. The van der Waals surface area contributed by atoms with Crippen LogP contribution >= 0.6 is 0 Å². The number of fused-ring (bicyclic) bond motifs is 1. The highest BCUT2D eigenvalue weighted by Crippen LogP contribution is 2.33. The van der Waals surface area contributed by atoms with E-state index in [1.807, 2.05) is 12.1 Å². The van der Waals surface area contributed by atoms with Gasteiger partial charge in [0.2, 0.25) is 11.6 Å². The lowest BCUT2D eigenvalue weighted by atomic mass is 9.79. The molecule has 0 amide bonds. The summed E-state index contributed by atoms with van der Waals surface area (Å²) in [7, 11) is 1.50. The molecule has 1 unspecified atom stereocenters. The van der Waals surface area contributed by atoms with E-state index in [2.05, 4.69) is 20.8 Å². The molecule has 1 aliphatic rings. The molecule has 0 radical (unpaired) electrons. The number of carbonyl (C=O) groups excluding carboxylic acids is 4. The minimum Gasteiger partial charge on any atom is -0.507 e. The largest absolute Gasteiger partial charge is 0.507 e. The summed E-state index contributed by atoms with van der Waals surface area (Å²) in [5.41, 5.74) is 1.51. The fourth-order valence-corrected chi connectivity index (χ4v) is 4.41. The Kier molecular flexibility index (Phi) is 6.94. The number of benzene rings is 3. The number of carbonyl (C=O) groups is 4. The lowest BCUT2D eigenvalue weighted by Gasteiger charge is -2.22. The molecule has 0 heterocycles. The van der Waals surface area contributed by atoms with Crippen LogP contribution in [0.25, 0.3) is 5.76 Å². The second-order valence-corrected chi connectivity index (χ2v) is 10.1. The van der Waals surface area contributed by atoms with Gasteiger partial charge in [0.15, 0.2) is 11.6 Å². The van der Waals surface area contributed by atoms with Gasteiger partial charge < -0.3 is 9.84 Å². The molecule has 1 aliphatic carbocycles. The summed E-state index contributed by atoms with van der Waals surface area (Å²) in [6.07, 6.45) is -0.407. The molecule has 1 atom stereocenters. The molecule has 6 nitrogen and oxygen atoms in total. The molecular weight excluding hydrogens is 468 g/mol. The van der Waals surface area contributed by atoms with Gasteiger partial charge in [0, 0.05) is 27.8 Å². The quantitative estimate of drug-likeness (QED) is 0.252. The van der Waals surface area contributed by atoms with Gasteiger partial charge in [-0.2, -0.15) is 0 Å². The van der Waals surface area contributed by atoms with Crippen LogP contribution < -0.4 is 4.74 Å². The number of methoxy groups -OCH3 is 1. The Bertz CT molecular complexity index is 1420. The Hall–Kier alpha value is -4.32. The summed E-state index contributed by atoms with van der Waals surface area (Å²) in [6.45, 7) is 6.16. The van der Waals surface area contributed by atoms with Crippen LogP contribution in [0.5, 0.6) is 5.75 Å². The van der Waals surface area contributed by atoms with Crippen LogP contribution in [0.1, 0.15) is 69.4 Å². The van der Waals surface area contributed by atoms with Gasteiger partial charge in [0.1, 0.15) is 11.5 Å². The van der Waals surface area contributed by atoms with Crippen LogP contribution in [0.3, 0.4) is 0 Å². The number of ketones is 4. The zero-order valence-corrected chi connectivity index (χ0v) is 21.2. The van der Waals surface area contributed by atoms with Crippen molar-refractivity contribution in [2.75, 3.05) is 7.11 Å². The van der Waals surface area contributed by atoms with E-state index in [1.165, 1.54) is 19.2 Å². The molecule has 1 N–H and O–H groups in total. The summed E-state index contributed by atoms with van der Waals surface area (Å²) >= 11 is 0. The Labute approximate surface area is 215 Å². The van der Waals surface area contributed by atoms with Crippen molar-refractivity contribution in [2.45, 2.75) is 32.6 Å². The van der Waals surface area contributed by atoms with E-state index in [4.69, 9.17) is 4.74 Å². The number of aliphatic hydroxyl groups is 1. The van der Waals surface area contributed by atoms with Crippen molar-refractivity contribution in [1.29, 1.82) is 0 Å². The predicted molar refractivity (Wildman–Crippen MR) is 140 cm³/mol. The molecule has 0 spiro atoms. The van der Waals surface area contributed by atoms with Crippen molar-refractivity contribution in [1.82, 2.24) is 0 Å². The smallest absolute Gasteiger partial charge is 0.234 e. The summed E-state index contributed by atoms with van der Waals surface area (Å²) in [5, 5.41) is 10.9. The van der Waals surface area contributed by atoms with E-state index in [1.54, 1.807) is 48.5 Å². The molecule has 0 fully saturated rings. The highest BCUT2D eigenvalue weighted by Gasteiger charge is 2.38. The number of rotatable bonds is 7. The molecule has 6 heteroatoms. The van der Waals surface area contributed by atoms with Crippen LogP contribution in [0.4, 0.5) is 0 Å². The third-order valence-corrected chi connectivity index (χ3v) is 6.64. The Balaban J connectivity index is 1.77. The fourth-order valence-electron chi connectivity index (χ4n) is 4.41. The van der Waals surface area contributed by atoms with E-state index >= 15 is 0 Å². The first-order valence-electron chi connectivity index (χ1n) is 12.0. The number of hydrogen-bond acceptors (Lipinski definition) is 6. The number of ether oxygens (including phenoxy) is 1. The molecule has 0 aromatic heterocycles. The maximum Gasteiger partial charge on any atom is 0.234 e. The highest BCUT2D eigenvalue weighted by molar-refractivity contribution is 6.52. The van der Waals surface area contributed by atoms with Gasteiger partial charge in [-0.3, -0.25) is 19.2 Å². The normalized spacial score (nSPS) is 14.3. The third-order valence-electron chi connectivity index (χ3n) is 6.64. The average molecular weight is 497 g/mol. The Morgan fingerprint density at radius 3 is 1.81 bits per heavy atom. The van der Waals surface area contributed by atoms with Crippen LogP contribution in [0.15, 0.2) is 78.4 Å². The average Bonchev–Trinajstić information content (AvgIpc) is 2.91. The van der Waals surface area contributed by atoms with Crippen LogP contribution in [-0.4, -0.2) is 35.3 Å². The van der Waals surface area contributed by atoms with Gasteiger partial charge in [-0.15, -0.1) is 0 Å². The minimum absolute atomic E-state index is 0.0934. The maximum atomic E-state index is 13.7. The molecule has 188 valence electrons. The van der Waals surface area contributed by atoms with E-state index in [9.17, 15) is 24.3 Å². The summed E-state index contributed by atoms with van der Waals surface area (Å²) in [6, 6.07) is 19.5. The minimum atomic E-state index is -1.33. The van der Waals surface area contributed by atoms with E-state index < -0.39 is 35.5 Å². The fraction of sp³-hybridized carbons (Fsp3) is 0.226.